The Morgan fingerprint density at radius 3 is 3.07 bits per heavy atom. The van der Waals surface area contributed by atoms with Crippen molar-refractivity contribution in [2.24, 2.45) is 11.7 Å². The molecule has 0 aromatic heterocycles. The standard InChI is InChI=1S/C13H19NO/c1-9(8-14)10-4-2-6-12-11(10)5-3-7-13(12)15/h3,5,7,9-10,15H,2,4,6,8,14H2,1H3. The average Bonchev–Trinajstić information content (AvgIpc) is 2.28. The van der Waals surface area contributed by atoms with Crippen LogP contribution in [0.1, 0.15) is 36.8 Å². The van der Waals surface area contributed by atoms with Crippen LogP contribution in [0.3, 0.4) is 0 Å². The maximum atomic E-state index is 9.80. The second kappa shape index (κ2) is 4.23. The molecule has 0 aliphatic heterocycles. The summed E-state index contributed by atoms with van der Waals surface area (Å²) in [5.41, 5.74) is 8.20. The molecule has 2 heteroatoms. The van der Waals surface area contributed by atoms with Gasteiger partial charge in [-0.05, 0) is 54.8 Å². The molecule has 0 radical (unpaired) electrons. The van der Waals surface area contributed by atoms with Crippen LogP contribution < -0.4 is 5.73 Å². The minimum atomic E-state index is 0.460. The first-order chi connectivity index (χ1) is 7.24. The zero-order chi connectivity index (χ0) is 10.8. The number of benzene rings is 1. The third kappa shape index (κ3) is 1.86. The molecule has 0 bridgehead atoms. The molecule has 1 aliphatic carbocycles. The van der Waals surface area contributed by atoms with Crippen molar-refractivity contribution in [1.29, 1.82) is 0 Å². The van der Waals surface area contributed by atoms with Crippen LogP contribution in [0.5, 0.6) is 5.75 Å². The van der Waals surface area contributed by atoms with Crippen molar-refractivity contribution >= 4 is 0 Å². The minimum absolute atomic E-state index is 0.460. The van der Waals surface area contributed by atoms with Gasteiger partial charge in [-0.3, -0.25) is 0 Å². The van der Waals surface area contributed by atoms with Crippen LogP contribution in [-0.4, -0.2) is 11.7 Å². The van der Waals surface area contributed by atoms with Crippen molar-refractivity contribution in [2.45, 2.75) is 32.1 Å². The van der Waals surface area contributed by atoms with Gasteiger partial charge in [0.25, 0.3) is 0 Å². The van der Waals surface area contributed by atoms with Gasteiger partial charge in [0, 0.05) is 0 Å². The van der Waals surface area contributed by atoms with Gasteiger partial charge in [-0.15, -0.1) is 0 Å². The van der Waals surface area contributed by atoms with Crippen molar-refractivity contribution in [3.8, 4) is 5.75 Å². The molecule has 2 unspecified atom stereocenters. The number of nitrogens with two attached hydrogens (primary N) is 1. The number of fused-ring (bicyclic) bond motifs is 1. The fourth-order valence-corrected chi connectivity index (χ4v) is 2.62. The fraction of sp³-hybridized carbons (Fsp3) is 0.538. The number of hydrogen-bond acceptors (Lipinski definition) is 2. The second-order valence-electron chi connectivity index (χ2n) is 4.56. The predicted octanol–water partition coefficient (Wildman–Crippen LogP) is 2.41. The molecule has 82 valence electrons. The zero-order valence-corrected chi connectivity index (χ0v) is 9.24. The summed E-state index contributed by atoms with van der Waals surface area (Å²) < 4.78 is 0. The summed E-state index contributed by atoms with van der Waals surface area (Å²) in [6, 6.07) is 5.87. The lowest BCUT2D eigenvalue weighted by atomic mass is 9.76. The van der Waals surface area contributed by atoms with Gasteiger partial charge in [-0.1, -0.05) is 19.1 Å². The van der Waals surface area contributed by atoms with Gasteiger partial charge in [-0.2, -0.15) is 0 Å². The Kier molecular flexibility index (Phi) is 2.96. The number of aromatic hydroxyl groups is 1. The Labute approximate surface area is 91.1 Å². The van der Waals surface area contributed by atoms with E-state index in [1.54, 1.807) is 6.07 Å². The van der Waals surface area contributed by atoms with E-state index in [4.69, 9.17) is 5.73 Å². The van der Waals surface area contributed by atoms with Gasteiger partial charge in [0.05, 0.1) is 0 Å². The van der Waals surface area contributed by atoms with Crippen molar-refractivity contribution in [3.05, 3.63) is 29.3 Å². The van der Waals surface area contributed by atoms with Gasteiger partial charge in [0.2, 0.25) is 0 Å². The van der Waals surface area contributed by atoms with Crippen LogP contribution in [-0.2, 0) is 6.42 Å². The Bertz CT molecular complexity index is 348. The summed E-state index contributed by atoms with van der Waals surface area (Å²) in [4.78, 5) is 0. The Hall–Kier alpha value is -1.02. The Morgan fingerprint density at radius 2 is 2.33 bits per heavy atom. The molecule has 1 aliphatic rings. The summed E-state index contributed by atoms with van der Waals surface area (Å²) in [5.74, 6) is 1.50. The first-order valence-corrected chi connectivity index (χ1v) is 5.75. The number of phenolic OH excluding ortho intramolecular Hbond substituents is 1. The van der Waals surface area contributed by atoms with Gasteiger partial charge >= 0.3 is 0 Å². The van der Waals surface area contributed by atoms with Crippen molar-refractivity contribution in [3.63, 3.8) is 0 Å². The van der Waals surface area contributed by atoms with Gasteiger partial charge in [0.1, 0.15) is 5.75 Å². The molecule has 0 saturated carbocycles. The quantitative estimate of drug-likeness (QED) is 0.778. The summed E-state index contributed by atoms with van der Waals surface area (Å²) in [6.07, 6.45) is 3.38. The molecule has 0 fully saturated rings. The maximum absolute atomic E-state index is 9.80. The highest BCUT2D eigenvalue weighted by Crippen LogP contribution is 2.39. The largest absolute Gasteiger partial charge is 0.508 e. The van der Waals surface area contributed by atoms with E-state index in [9.17, 15) is 5.11 Å². The molecule has 0 spiro atoms. The number of rotatable bonds is 2. The van der Waals surface area contributed by atoms with E-state index in [0.29, 0.717) is 17.6 Å². The van der Waals surface area contributed by atoms with Crippen LogP contribution >= 0.6 is 0 Å². The highest BCUT2D eigenvalue weighted by Gasteiger charge is 2.25. The summed E-state index contributed by atoms with van der Waals surface area (Å²) in [5, 5.41) is 9.80. The smallest absolute Gasteiger partial charge is 0.119 e. The molecule has 2 nitrogen and oxygen atoms in total. The molecule has 1 aromatic rings. The first-order valence-electron chi connectivity index (χ1n) is 5.75. The van der Waals surface area contributed by atoms with E-state index in [0.717, 1.165) is 18.5 Å². The van der Waals surface area contributed by atoms with Crippen LogP contribution in [0.15, 0.2) is 18.2 Å². The zero-order valence-electron chi connectivity index (χ0n) is 9.24. The van der Waals surface area contributed by atoms with E-state index >= 15 is 0 Å². The van der Waals surface area contributed by atoms with Gasteiger partial charge in [-0.25, -0.2) is 0 Å². The predicted molar refractivity (Wildman–Crippen MR) is 62.0 cm³/mol. The van der Waals surface area contributed by atoms with Gasteiger partial charge < -0.3 is 10.8 Å². The number of hydrogen-bond donors (Lipinski definition) is 2. The Balaban J connectivity index is 2.38. The van der Waals surface area contributed by atoms with Crippen molar-refractivity contribution in [2.75, 3.05) is 6.54 Å². The highest BCUT2D eigenvalue weighted by molar-refractivity contribution is 5.42. The van der Waals surface area contributed by atoms with Crippen molar-refractivity contribution < 1.29 is 5.11 Å². The number of phenols is 1. The van der Waals surface area contributed by atoms with Crippen LogP contribution in [0.25, 0.3) is 0 Å². The third-order valence-electron chi connectivity index (χ3n) is 3.59. The normalized spacial score (nSPS) is 22.1. The van der Waals surface area contributed by atoms with Crippen molar-refractivity contribution in [1.82, 2.24) is 0 Å². The summed E-state index contributed by atoms with van der Waals surface area (Å²) >= 11 is 0. The molecule has 0 saturated heterocycles. The second-order valence-corrected chi connectivity index (χ2v) is 4.56. The summed E-state index contributed by atoms with van der Waals surface area (Å²) in [7, 11) is 0. The lowest BCUT2D eigenvalue weighted by Gasteiger charge is -2.30. The van der Waals surface area contributed by atoms with E-state index in [1.807, 2.05) is 6.07 Å². The molecule has 2 rings (SSSR count). The Morgan fingerprint density at radius 1 is 1.53 bits per heavy atom. The van der Waals surface area contributed by atoms with Gasteiger partial charge in [0.15, 0.2) is 0 Å². The molecule has 3 N–H and O–H groups in total. The van der Waals surface area contributed by atoms with Crippen LogP contribution in [0.2, 0.25) is 0 Å². The molecular formula is C13H19NO. The molecule has 15 heavy (non-hydrogen) atoms. The fourth-order valence-electron chi connectivity index (χ4n) is 2.62. The lowest BCUT2D eigenvalue weighted by Crippen LogP contribution is -2.22. The van der Waals surface area contributed by atoms with Crippen LogP contribution in [0.4, 0.5) is 0 Å². The summed E-state index contributed by atoms with van der Waals surface area (Å²) in [6.45, 7) is 2.92. The molecule has 1 aromatic carbocycles. The molecule has 0 amide bonds. The molecular weight excluding hydrogens is 186 g/mol. The van der Waals surface area contributed by atoms with Crippen LogP contribution in [0, 0.1) is 5.92 Å². The highest BCUT2D eigenvalue weighted by atomic mass is 16.3. The first kappa shape index (κ1) is 10.5. The topological polar surface area (TPSA) is 46.2 Å². The van der Waals surface area contributed by atoms with E-state index in [1.165, 1.54) is 18.4 Å². The minimum Gasteiger partial charge on any atom is -0.508 e. The lowest BCUT2D eigenvalue weighted by molar-refractivity contribution is 0.400. The third-order valence-corrected chi connectivity index (χ3v) is 3.59. The molecule has 0 heterocycles. The monoisotopic (exact) mass is 205 g/mol. The van der Waals surface area contributed by atoms with E-state index in [-0.39, 0.29) is 0 Å². The average molecular weight is 205 g/mol. The van der Waals surface area contributed by atoms with E-state index < -0.39 is 0 Å². The molecule has 2 atom stereocenters. The maximum Gasteiger partial charge on any atom is 0.119 e. The SMILES string of the molecule is CC(CN)C1CCCc2c(O)cccc21. The van der Waals surface area contributed by atoms with E-state index in [2.05, 4.69) is 13.0 Å².